The Morgan fingerprint density at radius 2 is 1.57 bits per heavy atom. The van der Waals surface area contributed by atoms with Gasteiger partial charge in [-0.05, 0) is 25.2 Å². The van der Waals surface area contributed by atoms with E-state index in [1.54, 1.807) is 20.8 Å². The van der Waals surface area contributed by atoms with E-state index in [2.05, 4.69) is 0 Å². The van der Waals surface area contributed by atoms with Crippen LogP contribution < -0.4 is 0 Å². The summed E-state index contributed by atoms with van der Waals surface area (Å²) in [4.78, 5) is 0. The zero-order valence-electron chi connectivity index (χ0n) is 14.0. The predicted molar refractivity (Wildman–Crippen MR) is 78.9 cm³/mol. The summed E-state index contributed by atoms with van der Waals surface area (Å²) >= 11 is 0. The normalized spacial score (nSPS) is 35.0. The third-order valence-corrected chi connectivity index (χ3v) is 4.54. The monoisotopic (exact) mass is 308 g/mol. The minimum atomic E-state index is -1.79. The molecule has 5 unspecified atom stereocenters. The van der Waals surface area contributed by atoms with E-state index in [1.165, 1.54) is 0 Å². The first-order valence-corrected chi connectivity index (χ1v) is 7.82. The summed E-state index contributed by atoms with van der Waals surface area (Å²) in [5.41, 5.74) is -1.08. The average molecular weight is 308 g/mol. The lowest BCUT2D eigenvalue weighted by Gasteiger charge is -2.47. The van der Waals surface area contributed by atoms with Gasteiger partial charge in [0.1, 0.15) is 12.2 Å². The molecule has 0 saturated carbocycles. The lowest BCUT2D eigenvalue weighted by molar-refractivity contribution is -0.256. The molecular formula is C16H30F2O3. The number of hydrogen-bond acceptors (Lipinski definition) is 3. The van der Waals surface area contributed by atoms with E-state index in [4.69, 9.17) is 9.47 Å². The molecule has 1 saturated heterocycles. The van der Waals surface area contributed by atoms with Crippen molar-refractivity contribution in [2.24, 2.45) is 5.41 Å². The van der Waals surface area contributed by atoms with E-state index in [0.29, 0.717) is 12.8 Å². The topological polar surface area (TPSA) is 38.7 Å². The molecule has 0 aromatic heterocycles. The zero-order chi connectivity index (χ0) is 16.4. The fourth-order valence-electron chi connectivity index (χ4n) is 2.61. The maximum absolute atomic E-state index is 14.6. The van der Waals surface area contributed by atoms with E-state index in [-0.39, 0.29) is 6.61 Å². The minimum absolute atomic E-state index is 0.381. The van der Waals surface area contributed by atoms with E-state index in [1.807, 2.05) is 20.8 Å². The second-order valence-electron chi connectivity index (χ2n) is 7.27. The Kier molecular flexibility index (Phi) is 6.16. The number of rotatable bonds is 5. The molecule has 0 spiro atoms. The molecule has 0 bridgehead atoms. The Balaban J connectivity index is 2.96. The van der Waals surface area contributed by atoms with E-state index >= 15 is 0 Å². The second kappa shape index (κ2) is 6.88. The molecule has 5 heteroatoms. The first-order chi connectivity index (χ1) is 9.59. The predicted octanol–water partition coefficient (Wildman–Crippen LogP) is 3.43. The number of halogens is 2. The van der Waals surface area contributed by atoms with E-state index < -0.39 is 41.7 Å². The van der Waals surface area contributed by atoms with Crippen molar-refractivity contribution in [3.8, 4) is 0 Å². The van der Waals surface area contributed by atoms with Crippen molar-refractivity contribution < 1.29 is 23.4 Å². The highest BCUT2D eigenvalue weighted by molar-refractivity contribution is 4.98. The number of aliphatic hydroxyl groups is 1. The molecule has 0 aromatic carbocycles. The third kappa shape index (κ3) is 4.14. The molecule has 1 aliphatic heterocycles. The highest BCUT2D eigenvalue weighted by Crippen LogP contribution is 2.38. The first kappa shape index (κ1) is 18.8. The molecule has 3 nitrogen and oxygen atoms in total. The number of aliphatic hydroxyl groups excluding tert-OH is 1. The first-order valence-electron chi connectivity index (χ1n) is 7.82. The standard InChI is InChI=1S/C16H30F2O3/c1-7-16(6,8-2)21-13-10(9-19)20-14(15(3,4)5)12(18)11(13)17/h10-14,19H,7-9H2,1-6H3. The van der Waals surface area contributed by atoms with Crippen molar-refractivity contribution in [3.63, 3.8) is 0 Å². The highest BCUT2D eigenvalue weighted by atomic mass is 19.2. The van der Waals surface area contributed by atoms with Gasteiger partial charge in [0.15, 0.2) is 12.3 Å². The van der Waals surface area contributed by atoms with Crippen LogP contribution in [0.2, 0.25) is 0 Å². The molecule has 1 heterocycles. The third-order valence-electron chi connectivity index (χ3n) is 4.54. The second-order valence-corrected chi connectivity index (χ2v) is 7.27. The summed E-state index contributed by atoms with van der Waals surface area (Å²) in [6.45, 7) is 10.8. The minimum Gasteiger partial charge on any atom is -0.394 e. The lowest BCUT2D eigenvalue weighted by atomic mass is 9.81. The Hall–Kier alpha value is -0.260. The van der Waals surface area contributed by atoms with Gasteiger partial charge in [0.25, 0.3) is 0 Å². The van der Waals surface area contributed by atoms with Crippen molar-refractivity contribution in [1.82, 2.24) is 0 Å². The molecule has 5 atom stereocenters. The Morgan fingerprint density at radius 1 is 1.05 bits per heavy atom. The summed E-state index contributed by atoms with van der Waals surface area (Å²) in [5.74, 6) is 0. The maximum atomic E-state index is 14.6. The smallest absolute Gasteiger partial charge is 0.162 e. The van der Waals surface area contributed by atoms with Crippen LogP contribution in [0.5, 0.6) is 0 Å². The van der Waals surface area contributed by atoms with E-state index in [9.17, 15) is 13.9 Å². The van der Waals surface area contributed by atoms with Gasteiger partial charge < -0.3 is 14.6 Å². The van der Waals surface area contributed by atoms with Crippen LogP contribution in [-0.2, 0) is 9.47 Å². The molecule has 1 fully saturated rings. The number of hydrogen-bond donors (Lipinski definition) is 1. The fraction of sp³-hybridized carbons (Fsp3) is 1.00. The Bertz CT molecular complexity index is 324. The molecule has 21 heavy (non-hydrogen) atoms. The van der Waals surface area contributed by atoms with Crippen LogP contribution in [0.3, 0.4) is 0 Å². The van der Waals surface area contributed by atoms with Crippen molar-refractivity contribution in [1.29, 1.82) is 0 Å². The van der Waals surface area contributed by atoms with Crippen molar-refractivity contribution >= 4 is 0 Å². The summed E-state index contributed by atoms with van der Waals surface area (Å²) in [6.07, 6.45) is -4.98. The van der Waals surface area contributed by atoms with Gasteiger partial charge in [-0.2, -0.15) is 0 Å². The van der Waals surface area contributed by atoms with Gasteiger partial charge in [-0.1, -0.05) is 34.6 Å². The largest absolute Gasteiger partial charge is 0.394 e. The molecule has 0 aliphatic carbocycles. The molecule has 126 valence electrons. The average Bonchev–Trinajstić information content (AvgIpc) is 2.42. The maximum Gasteiger partial charge on any atom is 0.162 e. The van der Waals surface area contributed by atoms with Crippen molar-refractivity contribution in [2.45, 2.75) is 90.6 Å². The van der Waals surface area contributed by atoms with Gasteiger partial charge in [-0.3, -0.25) is 0 Å². The summed E-state index contributed by atoms with van der Waals surface area (Å²) in [5, 5.41) is 9.50. The van der Waals surface area contributed by atoms with Crippen LogP contribution in [-0.4, -0.2) is 48.0 Å². The molecule has 0 amide bonds. The van der Waals surface area contributed by atoms with Crippen LogP contribution in [0.4, 0.5) is 8.78 Å². The SMILES string of the molecule is CCC(C)(CC)OC1C(CO)OC(C(C)(C)C)C(F)C1F. The van der Waals surface area contributed by atoms with Gasteiger partial charge in [-0.25, -0.2) is 8.78 Å². The van der Waals surface area contributed by atoms with Gasteiger partial charge >= 0.3 is 0 Å². The van der Waals surface area contributed by atoms with Crippen LogP contribution in [0.1, 0.15) is 54.4 Å². The van der Waals surface area contributed by atoms with Crippen molar-refractivity contribution in [3.05, 3.63) is 0 Å². The van der Waals surface area contributed by atoms with Crippen LogP contribution in [0.25, 0.3) is 0 Å². The Morgan fingerprint density at radius 3 is 1.95 bits per heavy atom. The lowest BCUT2D eigenvalue weighted by Crippen LogP contribution is -2.61. The quantitative estimate of drug-likeness (QED) is 0.845. The molecule has 1 aliphatic rings. The fourth-order valence-corrected chi connectivity index (χ4v) is 2.61. The van der Waals surface area contributed by atoms with Crippen LogP contribution in [0, 0.1) is 5.41 Å². The van der Waals surface area contributed by atoms with Gasteiger partial charge in [0, 0.05) is 0 Å². The Labute approximate surface area is 127 Å². The van der Waals surface area contributed by atoms with Crippen molar-refractivity contribution in [2.75, 3.05) is 6.61 Å². The number of alkyl halides is 2. The highest BCUT2D eigenvalue weighted by Gasteiger charge is 2.52. The van der Waals surface area contributed by atoms with Crippen LogP contribution >= 0.6 is 0 Å². The van der Waals surface area contributed by atoms with Crippen LogP contribution in [0.15, 0.2) is 0 Å². The van der Waals surface area contributed by atoms with E-state index in [0.717, 1.165) is 0 Å². The molecule has 1 N–H and O–H groups in total. The zero-order valence-corrected chi connectivity index (χ0v) is 14.0. The summed E-state index contributed by atoms with van der Waals surface area (Å²) in [7, 11) is 0. The molecule has 1 rings (SSSR count). The van der Waals surface area contributed by atoms with Gasteiger partial charge in [0.05, 0.1) is 18.3 Å². The summed E-state index contributed by atoms with van der Waals surface area (Å²) in [6, 6.07) is 0. The summed E-state index contributed by atoms with van der Waals surface area (Å²) < 4.78 is 40.5. The van der Waals surface area contributed by atoms with Gasteiger partial charge in [0.2, 0.25) is 0 Å². The molecule has 0 aromatic rings. The number of ether oxygens (including phenoxy) is 2. The van der Waals surface area contributed by atoms with Gasteiger partial charge in [-0.15, -0.1) is 0 Å². The molecular weight excluding hydrogens is 278 g/mol. The molecule has 0 radical (unpaired) electrons.